The fraction of sp³-hybridized carbons (Fsp3) is 0.562. The van der Waals surface area contributed by atoms with Crippen LogP contribution in [0.4, 0.5) is 0 Å². The Balaban J connectivity index is 1.67. The molecule has 0 unspecified atom stereocenters. The van der Waals surface area contributed by atoms with Crippen LogP contribution in [-0.2, 0) is 9.53 Å². The van der Waals surface area contributed by atoms with Crippen molar-refractivity contribution in [1.82, 2.24) is 14.8 Å². The van der Waals surface area contributed by atoms with E-state index < -0.39 is 0 Å². The molecular weight excluding hydrogens is 282 g/mol. The third-order valence-electron chi connectivity index (χ3n) is 4.46. The summed E-state index contributed by atoms with van der Waals surface area (Å²) in [6, 6.07) is 5.35. The second-order valence-corrected chi connectivity index (χ2v) is 5.89. The van der Waals surface area contributed by atoms with E-state index in [0.29, 0.717) is 37.9 Å². The lowest BCUT2D eigenvalue weighted by atomic mass is 9.93. The Hall–Kier alpha value is -1.95. The predicted octanol–water partition coefficient (Wildman–Crippen LogP) is 0.791. The van der Waals surface area contributed by atoms with Gasteiger partial charge in [-0.1, -0.05) is 6.07 Å². The van der Waals surface area contributed by atoms with Gasteiger partial charge in [0.25, 0.3) is 5.91 Å². The van der Waals surface area contributed by atoms with Crippen molar-refractivity contribution in [2.45, 2.75) is 19.4 Å². The van der Waals surface area contributed by atoms with Crippen molar-refractivity contribution < 1.29 is 14.3 Å². The van der Waals surface area contributed by atoms with Crippen molar-refractivity contribution in [2.75, 3.05) is 32.8 Å². The fourth-order valence-corrected chi connectivity index (χ4v) is 3.17. The highest BCUT2D eigenvalue weighted by atomic mass is 16.5. The van der Waals surface area contributed by atoms with Crippen LogP contribution in [0.15, 0.2) is 24.4 Å². The zero-order chi connectivity index (χ0) is 15.5. The number of hydrogen-bond acceptors (Lipinski definition) is 4. The molecule has 0 saturated carbocycles. The molecule has 2 aliphatic rings. The van der Waals surface area contributed by atoms with Gasteiger partial charge in [-0.25, -0.2) is 0 Å². The third kappa shape index (κ3) is 3.11. The molecule has 2 atom stereocenters. The van der Waals surface area contributed by atoms with Gasteiger partial charge in [0, 0.05) is 45.2 Å². The van der Waals surface area contributed by atoms with Crippen LogP contribution in [0.5, 0.6) is 0 Å². The monoisotopic (exact) mass is 303 g/mol. The molecular formula is C16H21N3O3. The van der Waals surface area contributed by atoms with Gasteiger partial charge in [0.05, 0.1) is 12.7 Å². The molecule has 0 radical (unpaired) electrons. The maximum atomic E-state index is 12.5. The lowest BCUT2D eigenvalue weighted by molar-refractivity contribution is -0.129. The van der Waals surface area contributed by atoms with Gasteiger partial charge < -0.3 is 14.5 Å². The first kappa shape index (κ1) is 15.0. The minimum Gasteiger partial charge on any atom is -0.374 e. The standard InChI is InChI=1S/C16H21N3O3/c1-12(20)18-8-9-22-15-11-19(7-5-13(15)10-18)16(21)14-4-2-3-6-17-14/h2-4,6,13,15H,5,7-11H2,1H3/t13-,15-/m1/s1. The fourth-order valence-electron chi connectivity index (χ4n) is 3.17. The van der Waals surface area contributed by atoms with Crippen LogP contribution >= 0.6 is 0 Å². The number of pyridine rings is 1. The summed E-state index contributed by atoms with van der Waals surface area (Å²) < 4.78 is 5.90. The quantitative estimate of drug-likeness (QED) is 0.769. The Morgan fingerprint density at radius 3 is 2.82 bits per heavy atom. The summed E-state index contributed by atoms with van der Waals surface area (Å²) in [5, 5.41) is 0. The molecule has 0 aromatic carbocycles. The lowest BCUT2D eigenvalue weighted by Crippen LogP contribution is -2.49. The van der Waals surface area contributed by atoms with Crippen molar-refractivity contribution in [3.8, 4) is 0 Å². The van der Waals surface area contributed by atoms with E-state index in [2.05, 4.69) is 4.98 Å². The first-order valence-electron chi connectivity index (χ1n) is 7.72. The van der Waals surface area contributed by atoms with Crippen molar-refractivity contribution in [3.05, 3.63) is 30.1 Å². The highest BCUT2D eigenvalue weighted by Gasteiger charge is 2.35. The predicted molar refractivity (Wildman–Crippen MR) is 80.2 cm³/mol. The molecule has 3 heterocycles. The topological polar surface area (TPSA) is 62.7 Å². The van der Waals surface area contributed by atoms with Gasteiger partial charge in [-0.3, -0.25) is 14.6 Å². The number of hydrogen-bond donors (Lipinski definition) is 0. The van der Waals surface area contributed by atoms with Crippen LogP contribution in [-0.4, -0.2) is 65.5 Å². The summed E-state index contributed by atoms with van der Waals surface area (Å²) in [6.45, 7) is 4.76. The van der Waals surface area contributed by atoms with Gasteiger partial charge >= 0.3 is 0 Å². The molecule has 0 aliphatic carbocycles. The number of amides is 2. The molecule has 22 heavy (non-hydrogen) atoms. The normalized spacial score (nSPS) is 25.3. The lowest BCUT2D eigenvalue weighted by Gasteiger charge is -2.37. The molecule has 2 aliphatic heterocycles. The Bertz CT molecular complexity index is 549. The number of carbonyl (C=O) groups excluding carboxylic acids is 2. The average molecular weight is 303 g/mol. The third-order valence-corrected chi connectivity index (χ3v) is 4.46. The number of likely N-dealkylation sites (tertiary alicyclic amines) is 1. The number of rotatable bonds is 1. The minimum atomic E-state index is -0.0460. The number of fused-ring (bicyclic) bond motifs is 1. The Kier molecular flexibility index (Phi) is 4.38. The summed E-state index contributed by atoms with van der Waals surface area (Å²) in [5.74, 6) is 0.353. The van der Waals surface area contributed by atoms with E-state index in [4.69, 9.17) is 4.74 Å². The largest absolute Gasteiger partial charge is 0.374 e. The van der Waals surface area contributed by atoms with E-state index in [1.54, 1.807) is 25.3 Å². The van der Waals surface area contributed by atoms with Crippen LogP contribution in [0.3, 0.4) is 0 Å². The van der Waals surface area contributed by atoms with Crippen LogP contribution in [0.1, 0.15) is 23.8 Å². The van der Waals surface area contributed by atoms with E-state index in [1.165, 1.54) is 0 Å². The summed E-state index contributed by atoms with van der Waals surface area (Å²) in [6.07, 6.45) is 2.49. The van der Waals surface area contributed by atoms with E-state index in [9.17, 15) is 9.59 Å². The van der Waals surface area contributed by atoms with Crippen LogP contribution in [0.2, 0.25) is 0 Å². The molecule has 0 bridgehead atoms. The Morgan fingerprint density at radius 2 is 2.09 bits per heavy atom. The van der Waals surface area contributed by atoms with Gasteiger partial charge in [-0.05, 0) is 18.6 Å². The maximum absolute atomic E-state index is 12.5. The van der Waals surface area contributed by atoms with Gasteiger partial charge in [-0.15, -0.1) is 0 Å². The van der Waals surface area contributed by atoms with Crippen LogP contribution in [0, 0.1) is 5.92 Å². The van der Waals surface area contributed by atoms with Gasteiger partial charge in [0.15, 0.2) is 0 Å². The van der Waals surface area contributed by atoms with Crippen LogP contribution < -0.4 is 0 Å². The molecule has 0 N–H and O–H groups in total. The molecule has 2 saturated heterocycles. The van der Waals surface area contributed by atoms with E-state index in [-0.39, 0.29) is 17.9 Å². The molecule has 2 amide bonds. The SMILES string of the molecule is CC(=O)N1CCO[C@@H]2CN(C(=O)c3ccccn3)CC[C@@H]2C1. The van der Waals surface area contributed by atoms with E-state index in [1.807, 2.05) is 15.9 Å². The first-order chi connectivity index (χ1) is 10.6. The smallest absolute Gasteiger partial charge is 0.272 e. The maximum Gasteiger partial charge on any atom is 0.272 e. The van der Waals surface area contributed by atoms with Gasteiger partial charge in [0.2, 0.25) is 5.91 Å². The second kappa shape index (κ2) is 6.44. The van der Waals surface area contributed by atoms with Crippen molar-refractivity contribution >= 4 is 11.8 Å². The molecule has 6 nitrogen and oxygen atoms in total. The summed E-state index contributed by atoms with van der Waals surface area (Å²) >= 11 is 0. The minimum absolute atomic E-state index is 0.00534. The summed E-state index contributed by atoms with van der Waals surface area (Å²) in [7, 11) is 0. The zero-order valence-electron chi connectivity index (χ0n) is 12.8. The van der Waals surface area contributed by atoms with Crippen molar-refractivity contribution in [3.63, 3.8) is 0 Å². The number of aromatic nitrogens is 1. The highest BCUT2D eigenvalue weighted by molar-refractivity contribution is 5.92. The second-order valence-electron chi connectivity index (χ2n) is 5.89. The van der Waals surface area contributed by atoms with E-state index in [0.717, 1.165) is 13.0 Å². The summed E-state index contributed by atoms with van der Waals surface area (Å²) in [5.41, 5.74) is 0.472. The van der Waals surface area contributed by atoms with E-state index >= 15 is 0 Å². The molecule has 118 valence electrons. The molecule has 1 aromatic rings. The average Bonchev–Trinajstić information content (AvgIpc) is 2.76. The number of nitrogens with zero attached hydrogens (tertiary/aromatic N) is 3. The van der Waals surface area contributed by atoms with Crippen LogP contribution in [0.25, 0.3) is 0 Å². The van der Waals surface area contributed by atoms with Gasteiger partial charge in [0.1, 0.15) is 5.69 Å². The highest BCUT2D eigenvalue weighted by Crippen LogP contribution is 2.25. The zero-order valence-corrected chi connectivity index (χ0v) is 12.8. The molecule has 1 aromatic heterocycles. The summed E-state index contributed by atoms with van der Waals surface area (Å²) in [4.78, 5) is 31.8. The molecule has 6 heteroatoms. The number of piperidine rings is 1. The first-order valence-corrected chi connectivity index (χ1v) is 7.72. The Labute approximate surface area is 130 Å². The van der Waals surface area contributed by atoms with Gasteiger partial charge in [-0.2, -0.15) is 0 Å². The number of ether oxygens (including phenoxy) is 1. The number of carbonyl (C=O) groups is 2. The molecule has 0 spiro atoms. The molecule has 3 rings (SSSR count). The molecule has 2 fully saturated rings. The van der Waals surface area contributed by atoms with Crippen molar-refractivity contribution in [1.29, 1.82) is 0 Å². The Morgan fingerprint density at radius 1 is 1.23 bits per heavy atom. The van der Waals surface area contributed by atoms with Crippen molar-refractivity contribution in [2.24, 2.45) is 5.92 Å².